The summed E-state index contributed by atoms with van der Waals surface area (Å²) in [6, 6.07) is 5.11. The first-order chi connectivity index (χ1) is 12.7. The molecule has 1 aromatic rings. The fraction of sp³-hybridized carbons (Fsp3) is 0.562. The van der Waals surface area contributed by atoms with Crippen molar-refractivity contribution < 1.29 is 26.3 Å². The minimum Gasteiger partial charge on any atom is -0.379 e. The summed E-state index contributed by atoms with van der Waals surface area (Å²) in [5.74, 6) is 0. The third kappa shape index (κ3) is 4.19. The number of benzene rings is 1. The summed E-state index contributed by atoms with van der Waals surface area (Å²) < 4.78 is 72.6. The summed E-state index contributed by atoms with van der Waals surface area (Å²) >= 11 is 0. The summed E-state index contributed by atoms with van der Waals surface area (Å²) in [6.07, 6.45) is -4.62. The van der Waals surface area contributed by atoms with Gasteiger partial charge in [0.25, 0.3) is 10.2 Å². The normalized spacial score (nSPS) is 20.4. The number of ether oxygens (including phenoxy) is 1. The van der Waals surface area contributed by atoms with Crippen molar-refractivity contribution in [3.63, 3.8) is 0 Å². The van der Waals surface area contributed by atoms with Crippen LogP contribution in [0.3, 0.4) is 0 Å². The predicted octanol–water partition coefficient (Wildman–Crippen LogP) is 1.28. The van der Waals surface area contributed by atoms with Gasteiger partial charge in [-0.1, -0.05) is 0 Å². The van der Waals surface area contributed by atoms with Crippen molar-refractivity contribution in [1.29, 1.82) is 5.26 Å². The van der Waals surface area contributed by atoms with Crippen LogP contribution < -0.4 is 4.90 Å². The Hall–Kier alpha value is -1.87. The van der Waals surface area contributed by atoms with Gasteiger partial charge in [-0.15, -0.1) is 0 Å². The van der Waals surface area contributed by atoms with E-state index in [0.717, 1.165) is 12.1 Å². The van der Waals surface area contributed by atoms with Crippen molar-refractivity contribution in [3.05, 3.63) is 29.3 Å². The van der Waals surface area contributed by atoms with Crippen LogP contribution in [0.15, 0.2) is 18.2 Å². The third-order valence-electron chi connectivity index (χ3n) is 4.66. The minimum atomic E-state index is -4.62. The minimum absolute atomic E-state index is 0.182. The molecule has 27 heavy (non-hydrogen) atoms. The second kappa shape index (κ2) is 7.63. The molecule has 2 saturated heterocycles. The van der Waals surface area contributed by atoms with E-state index in [1.165, 1.54) is 14.7 Å². The second-order valence-corrected chi connectivity index (χ2v) is 8.17. The number of halogens is 3. The summed E-state index contributed by atoms with van der Waals surface area (Å²) in [5, 5.41) is 8.88. The number of morpholine rings is 1. The highest BCUT2D eigenvalue weighted by Gasteiger charge is 2.36. The van der Waals surface area contributed by atoms with E-state index in [1.54, 1.807) is 11.0 Å². The largest absolute Gasteiger partial charge is 0.417 e. The smallest absolute Gasteiger partial charge is 0.379 e. The molecule has 2 aliphatic rings. The number of piperazine rings is 1. The Balaban J connectivity index is 1.72. The van der Waals surface area contributed by atoms with Gasteiger partial charge in [0.1, 0.15) is 0 Å². The molecular formula is C16H19F3N4O3S. The van der Waals surface area contributed by atoms with Crippen LogP contribution in [0.25, 0.3) is 0 Å². The topological polar surface area (TPSA) is 76.9 Å². The van der Waals surface area contributed by atoms with Crippen LogP contribution in [0.1, 0.15) is 11.1 Å². The van der Waals surface area contributed by atoms with Gasteiger partial charge in [-0.3, -0.25) is 0 Å². The molecule has 2 heterocycles. The fourth-order valence-corrected chi connectivity index (χ4v) is 4.74. The maximum absolute atomic E-state index is 13.1. The molecule has 0 aromatic heterocycles. The molecular weight excluding hydrogens is 385 g/mol. The Morgan fingerprint density at radius 2 is 1.59 bits per heavy atom. The van der Waals surface area contributed by atoms with E-state index in [2.05, 4.69) is 0 Å². The zero-order chi connectivity index (χ0) is 19.7. The fourth-order valence-electron chi connectivity index (χ4n) is 3.18. The number of nitrogens with zero attached hydrogens (tertiary/aromatic N) is 4. The van der Waals surface area contributed by atoms with Crippen molar-refractivity contribution in [1.82, 2.24) is 8.61 Å². The maximum atomic E-state index is 13.1. The van der Waals surface area contributed by atoms with E-state index in [4.69, 9.17) is 10.00 Å². The van der Waals surface area contributed by atoms with Crippen LogP contribution >= 0.6 is 0 Å². The summed E-state index contributed by atoms with van der Waals surface area (Å²) in [7, 11) is -3.60. The molecule has 0 N–H and O–H groups in total. The van der Waals surface area contributed by atoms with E-state index >= 15 is 0 Å². The van der Waals surface area contributed by atoms with Crippen LogP contribution in [0.5, 0.6) is 0 Å². The van der Waals surface area contributed by atoms with E-state index < -0.39 is 27.5 Å². The first kappa shape index (κ1) is 19.9. The molecule has 7 nitrogen and oxygen atoms in total. The standard InChI is InChI=1S/C16H19F3N4O3S/c17-16(18,19)15-11-14(2-1-13(15)12-20)21-3-5-22(6-4-21)27(24,25)23-7-9-26-10-8-23/h1-2,11H,3-10H2. The van der Waals surface area contributed by atoms with Crippen LogP contribution in [0.4, 0.5) is 18.9 Å². The zero-order valence-corrected chi connectivity index (χ0v) is 15.3. The van der Waals surface area contributed by atoms with Gasteiger partial charge in [0.2, 0.25) is 0 Å². The van der Waals surface area contributed by atoms with Crippen molar-refractivity contribution in [2.75, 3.05) is 57.4 Å². The Bertz CT molecular complexity index is 824. The first-order valence-electron chi connectivity index (χ1n) is 8.43. The van der Waals surface area contributed by atoms with E-state index in [0.29, 0.717) is 32.0 Å². The molecule has 11 heteroatoms. The Kier molecular flexibility index (Phi) is 5.62. The number of hydrogen-bond acceptors (Lipinski definition) is 5. The van der Waals surface area contributed by atoms with Crippen LogP contribution in [0.2, 0.25) is 0 Å². The van der Waals surface area contributed by atoms with E-state index in [9.17, 15) is 21.6 Å². The molecule has 0 saturated carbocycles. The molecule has 148 valence electrons. The predicted molar refractivity (Wildman–Crippen MR) is 91.3 cm³/mol. The number of hydrogen-bond donors (Lipinski definition) is 0. The molecule has 3 rings (SSSR count). The number of nitriles is 1. The van der Waals surface area contributed by atoms with Crippen molar-refractivity contribution in [2.45, 2.75) is 6.18 Å². The molecule has 0 spiro atoms. The average molecular weight is 404 g/mol. The molecule has 2 aliphatic heterocycles. The van der Waals surface area contributed by atoms with Gasteiger partial charge in [-0.2, -0.15) is 35.5 Å². The van der Waals surface area contributed by atoms with Gasteiger partial charge in [0.15, 0.2) is 0 Å². The van der Waals surface area contributed by atoms with E-state index in [1.807, 2.05) is 0 Å². The van der Waals surface area contributed by atoms with Crippen LogP contribution in [0, 0.1) is 11.3 Å². The monoisotopic (exact) mass is 404 g/mol. The Morgan fingerprint density at radius 1 is 1.00 bits per heavy atom. The lowest BCUT2D eigenvalue weighted by atomic mass is 10.1. The van der Waals surface area contributed by atoms with Gasteiger partial charge in [0, 0.05) is 45.0 Å². The highest BCUT2D eigenvalue weighted by Crippen LogP contribution is 2.34. The second-order valence-electron chi connectivity index (χ2n) is 6.24. The van der Waals surface area contributed by atoms with Gasteiger partial charge in [-0.05, 0) is 18.2 Å². The van der Waals surface area contributed by atoms with Gasteiger partial charge in [-0.25, -0.2) is 0 Å². The van der Waals surface area contributed by atoms with Gasteiger partial charge in [0.05, 0.1) is 30.4 Å². The first-order valence-corrected chi connectivity index (χ1v) is 9.82. The molecule has 2 fully saturated rings. The van der Waals surface area contributed by atoms with Crippen molar-refractivity contribution in [3.8, 4) is 6.07 Å². The van der Waals surface area contributed by atoms with E-state index in [-0.39, 0.29) is 26.2 Å². The SMILES string of the molecule is N#Cc1ccc(N2CCN(S(=O)(=O)N3CCOCC3)CC2)cc1C(F)(F)F. The van der Waals surface area contributed by atoms with Gasteiger partial charge >= 0.3 is 6.18 Å². The molecule has 0 amide bonds. The number of rotatable bonds is 3. The molecule has 0 aliphatic carbocycles. The molecule has 1 aromatic carbocycles. The van der Waals surface area contributed by atoms with Crippen LogP contribution in [-0.4, -0.2) is 69.5 Å². The van der Waals surface area contributed by atoms with Crippen molar-refractivity contribution >= 4 is 15.9 Å². The number of alkyl halides is 3. The molecule has 0 atom stereocenters. The molecule has 0 radical (unpaired) electrons. The quantitative estimate of drug-likeness (QED) is 0.759. The molecule has 0 unspecified atom stereocenters. The summed E-state index contributed by atoms with van der Waals surface area (Å²) in [4.78, 5) is 1.70. The lowest BCUT2D eigenvalue weighted by Gasteiger charge is -2.38. The van der Waals surface area contributed by atoms with Gasteiger partial charge < -0.3 is 9.64 Å². The Labute approximate surface area is 155 Å². The summed E-state index contributed by atoms with van der Waals surface area (Å²) in [6.45, 7) is 2.21. The average Bonchev–Trinajstić information content (AvgIpc) is 2.67. The lowest BCUT2D eigenvalue weighted by molar-refractivity contribution is -0.137. The zero-order valence-electron chi connectivity index (χ0n) is 14.4. The van der Waals surface area contributed by atoms with Crippen LogP contribution in [-0.2, 0) is 21.1 Å². The third-order valence-corrected chi connectivity index (χ3v) is 6.69. The highest BCUT2D eigenvalue weighted by molar-refractivity contribution is 7.86. The number of anilines is 1. The van der Waals surface area contributed by atoms with Crippen molar-refractivity contribution in [2.24, 2.45) is 0 Å². The highest BCUT2D eigenvalue weighted by atomic mass is 32.2. The summed E-state index contributed by atoms with van der Waals surface area (Å²) in [5.41, 5.74) is -1.09. The maximum Gasteiger partial charge on any atom is 0.417 e. The molecule has 0 bridgehead atoms. The lowest BCUT2D eigenvalue weighted by Crippen LogP contribution is -2.55. The Morgan fingerprint density at radius 3 is 2.15 bits per heavy atom.